The second kappa shape index (κ2) is 19.8. The summed E-state index contributed by atoms with van der Waals surface area (Å²) in [6, 6.07) is 46.6. The van der Waals surface area contributed by atoms with Crippen LogP contribution in [0.25, 0.3) is 43.1 Å². The quantitative estimate of drug-likeness (QED) is 0.0736. The lowest BCUT2D eigenvalue weighted by Crippen LogP contribution is -2.28. The summed E-state index contributed by atoms with van der Waals surface area (Å²) in [5.74, 6) is 0.211. The topological polar surface area (TPSA) is 78.9 Å². The Morgan fingerprint density at radius 2 is 0.750 bits per heavy atom. The molecule has 0 aromatic heterocycles. The molecule has 0 amide bonds. The summed E-state index contributed by atoms with van der Waals surface area (Å²) < 4.78 is 16.8. The first-order chi connectivity index (χ1) is 28.6. The van der Waals surface area contributed by atoms with Gasteiger partial charge in [-0.2, -0.15) is 0 Å². The Morgan fingerprint density at radius 1 is 0.417 bits per heavy atom. The molecule has 0 unspecified atom stereocenters. The van der Waals surface area contributed by atoms with E-state index < -0.39 is 10.8 Å². The van der Waals surface area contributed by atoms with Crippen molar-refractivity contribution < 1.29 is 28.6 Å². The van der Waals surface area contributed by atoms with Gasteiger partial charge in [-0.1, -0.05) is 148 Å². The van der Waals surface area contributed by atoms with Gasteiger partial charge in [-0.15, -0.1) is 0 Å². The predicted octanol–water partition coefficient (Wildman–Crippen LogP) is 14.0. The van der Waals surface area contributed by atoms with Crippen molar-refractivity contribution in [2.75, 3.05) is 0 Å². The van der Waals surface area contributed by atoms with Crippen molar-refractivity contribution in [2.24, 2.45) is 16.2 Å². The highest BCUT2D eigenvalue weighted by molar-refractivity contribution is 6.07. The third kappa shape index (κ3) is 11.0. The number of rotatable bonds is 11. The van der Waals surface area contributed by atoms with Crippen LogP contribution in [0.15, 0.2) is 140 Å². The zero-order valence-electron chi connectivity index (χ0n) is 36.8. The molecule has 7 aromatic carbocycles. The molecule has 0 saturated carbocycles. The highest BCUT2D eigenvalue weighted by Gasteiger charge is 2.30. The lowest BCUT2D eigenvalue weighted by Gasteiger charge is -2.21. The number of hydrogen-bond acceptors (Lipinski definition) is 6. The molecule has 312 valence electrons. The molecule has 6 heteroatoms. The molecule has 0 spiro atoms. The molecule has 0 aliphatic heterocycles. The molecule has 7 rings (SSSR count). The second-order valence-corrected chi connectivity index (χ2v) is 17.2. The summed E-state index contributed by atoms with van der Waals surface area (Å²) in [7, 11) is 0. The van der Waals surface area contributed by atoms with Gasteiger partial charge < -0.3 is 14.2 Å². The Kier molecular flexibility index (Phi) is 14.9. The summed E-state index contributed by atoms with van der Waals surface area (Å²) >= 11 is 0. The largest absolute Gasteiger partial charge is 0.460 e. The monoisotopic (exact) mass is 804 g/mol. The van der Waals surface area contributed by atoms with Gasteiger partial charge in [0.05, 0.1) is 16.2 Å². The van der Waals surface area contributed by atoms with Crippen LogP contribution in [0.3, 0.4) is 0 Å². The lowest BCUT2D eigenvalue weighted by molar-refractivity contribution is -0.156. The van der Waals surface area contributed by atoms with E-state index in [0.29, 0.717) is 19.0 Å². The van der Waals surface area contributed by atoms with Gasteiger partial charge in [-0.3, -0.25) is 14.4 Å². The van der Waals surface area contributed by atoms with Crippen molar-refractivity contribution in [1.29, 1.82) is 0 Å². The zero-order valence-corrected chi connectivity index (χ0v) is 36.8. The standard InChI is InChI=1S/C21H22O2.C20H20O2.C13H18O2/c1-4-21(2,3)20(22)23-14-19-17-11-7-5-9-15(17)13-16-10-6-8-12-18(16)19;1-4-20(2,3)19(21)22-18-16-11-7-5-9-14(16)13-15-10-6-8-12-17(15)18;1-4-13(2,3)12(14)15-10-11-8-6-5-7-9-11/h5-13H,4,14H2,1-3H3;5-13H,4H2,1-3H3;5-9H,4,10H2,1-3H3. The van der Waals surface area contributed by atoms with Crippen molar-refractivity contribution in [3.8, 4) is 5.75 Å². The van der Waals surface area contributed by atoms with Gasteiger partial charge in [0.15, 0.2) is 0 Å². The van der Waals surface area contributed by atoms with Crippen LogP contribution < -0.4 is 4.74 Å². The SMILES string of the molecule is CCC(C)(C)C(=O)OCc1c2ccccc2cc2ccccc12.CCC(C)(C)C(=O)OCc1ccccc1.CCC(C)(C)C(=O)Oc1c2ccccc2cc2ccccc12. The summed E-state index contributed by atoms with van der Waals surface area (Å²) in [6.07, 6.45) is 2.30. The average Bonchev–Trinajstić information content (AvgIpc) is 3.27. The molecule has 6 nitrogen and oxygen atoms in total. The molecule has 0 N–H and O–H groups in total. The maximum absolute atomic E-state index is 12.5. The van der Waals surface area contributed by atoms with E-state index in [1.165, 1.54) is 10.8 Å². The number of ether oxygens (including phenoxy) is 3. The highest BCUT2D eigenvalue weighted by atomic mass is 16.5. The van der Waals surface area contributed by atoms with Crippen molar-refractivity contribution in [2.45, 2.75) is 94.8 Å². The number of carbonyl (C=O) groups excluding carboxylic acids is 3. The van der Waals surface area contributed by atoms with Gasteiger partial charge in [0, 0.05) is 16.3 Å². The summed E-state index contributed by atoms with van der Waals surface area (Å²) in [5, 5.41) is 8.75. The van der Waals surface area contributed by atoms with Gasteiger partial charge in [0.1, 0.15) is 19.0 Å². The Labute approximate surface area is 355 Å². The van der Waals surface area contributed by atoms with Crippen LogP contribution in [-0.2, 0) is 37.1 Å². The van der Waals surface area contributed by atoms with Crippen LogP contribution in [0, 0.1) is 16.2 Å². The molecular weight excluding hydrogens is 745 g/mol. The first-order valence-corrected chi connectivity index (χ1v) is 21.0. The van der Waals surface area contributed by atoms with Gasteiger partial charge in [0.2, 0.25) is 0 Å². The molecule has 0 atom stereocenters. The van der Waals surface area contributed by atoms with E-state index in [2.05, 4.69) is 36.4 Å². The summed E-state index contributed by atoms with van der Waals surface area (Å²) in [4.78, 5) is 36.5. The Balaban J connectivity index is 0.000000175. The van der Waals surface area contributed by atoms with Crippen molar-refractivity contribution >= 4 is 61.0 Å². The van der Waals surface area contributed by atoms with E-state index in [4.69, 9.17) is 14.2 Å². The molecule has 7 aromatic rings. The number of carbonyl (C=O) groups is 3. The minimum atomic E-state index is -0.488. The third-order valence-corrected chi connectivity index (χ3v) is 11.7. The van der Waals surface area contributed by atoms with E-state index in [1.54, 1.807) is 0 Å². The van der Waals surface area contributed by atoms with Gasteiger partial charge in [-0.05, 0) is 111 Å². The van der Waals surface area contributed by atoms with E-state index >= 15 is 0 Å². The van der Waals surface area contributed by atoms with Gasteiger partial charge in [-0.25, -0.2) is 0 Å². The molecule has 0 heterocycles. The molecule has 0 radical (unpaired) electrons. The van der Waals surface area contributed by atoms with E-state index in [0.717, 1.165) is 62.7 Å². The van der Waals surface area contributed by atoms with E-state index in [9.17, 15) is 14.4 Å². The average molecular weight is 805 g/mol. The van der Waals surface area contributed by atoms with Gasteiger partial charge in [0.25, 0.3) is 0 Å². The second-order valence-electron chi connectivity index (χ2n) is 17.2. The molecule has 0 saturated heterocycles. The van der Waals surface area contributed by atoms with E-state index in [-0.39, 0.29) is 23.3 Å². The number of fused-ring (bicyclic) bond motifs is 4. The Hall–Kier alpha value is -6.01. The first-order valence-electron chi connectivity index (χ1n) is 21.0. The van der Waals surface area contributed by atoms with Crippen molar-refractivity contribution in [1.82, 2.24) is 0 Å². The van der Waals surface area contributed by atoms with Crippen LogP contribution in [0.4, 0.5) is 0 Å². The smallest absolute Gasteiger partial charge is 0.316 e. The van der Waals surface area contributed by atoms with Crippen molar-refractivity contribution in [3.05, 3.63) is 151 Å². The predicted molar refractivity (Wildman–Crippen MR) is 247 cm³/mol. The number of benzene rings is 7. The van der Waals surface area contributed by atoms with E-state index in [1.807, 2.05) is 165 Å². The Bertz CT molecular complexity index is 2460. The molecule has 0 bridgehead atoms. The molecule has 0 aliphatic carbocycles. The minimum Gasteiger partial charge on any atom is -0.460 e. The zero-order chi connectivity index (χ0) is 43.5. The van der Waals surface area contributed by atoms with Crippen LogP contribution in [-0.4, -0.2) is 17.9 Å². The number of hydrogen-bond donors (Lipinski definition) is 0. The lowest BCUT2D eigenvalue weighted by atomic mass is 9.90. The third-order valence-electron chi connectivity index (χ3n) is 11.7. The van der Waals surface area contributed by atoms with Crippen LogP contribution >= 0.6 is 0 Å². The fraction of sp³-hybridized carbons (Fsp3) is 0.315. The normalized spacial score (nSPS) is 11.6. The minimum absolute atomic E-state index is 0.131. The van der Waals surface area contributed by atoms with Gasteiger partial charge >= 0.3 is 17.9 Å². The Morgan fingerprint density at radius 3 is 1.17 bits per heavy atom. The maximum Gasteiger partial charge on any atom is 0.316 e. The van der Waals surface area contributed by atoms with Crippen molar-refractivity contribution in [3.63, 3.8) is 0 Å². The first kappa shape index (κ1) is 45.1. The molecular formula is C54H60O6. The summed E-state index contributed by atoms with van der Waals surface area (Å²) in [5.41, 5.74) is 0.796. The summed E-state index contributed by atoms with van der Waals surface area (Å²) in [6.45, 7) is 18.2. The fourth-order valence-corrected chi connectivity index (χ4v) is 6.26. The number of esters is 3. The van der Waals surface area contributed by atoms with Crippen LogP contribution in [0.2, 0.25) is 0 Å². The molecule has 60 heavy (non-hydrogen) atoms. The van der Waals surface area contributed by atoms with Crippen LogP contribution in [0.5, 0.6) is 5.75 Å². The molecule has 0 fully saturated rings. The highest BCUT2D eigenvalue weighted by Crippen LogP contribution is 2.37. The maximum atomic E-state index is 12.5. The van der Waals surface area contributed by atoms with Crippen LogP contribution in [0.1, 0.15) is 92.7 Å². The fourth-order valence-electron chi connectivity index (χ4n) is 6.26. The molecule has 0 aliphatic rings.